The topological polar surface area (TPSA) is 83.1 Å². The van der Waals surface area contributed by atoms with Crippen molar-refractivity contribution < 1.29 is 9.66 Å². The second-order valence-corrected chi connectivity index (χ2v) is 5.18. The highest BCUT2D eigenvalue weighted by Crippen LogP contribution is 2.32. The molecule has 3 aromatic rings. The van der Waals surface area contributed by atoms with Crippen LogP contribution >= 0.6 is 11.6 Å². The summed E-state index contributed by atoms with van der Waals surface area (Å²) in [7, 11) is 1.79. The van der Waals surface area contributed by atoms with Gasteiger partial charge in [0.15, 0.2) is 0 Å². The summed E-state index contributed by atoms with van der Waals surface area (Å²) in [5.74, 6) is 0.981. The van der Waals surface area contributed by atoms with Gasteiger partial charge in [-0.2, -0.15) is 0 Å². The number of nitrogens with zero attached hydrogens (tertiary/aromatic N) is 4. The van der Waals surface area contributed by atoms with E-state index in [-0.39, 0.29) is 10.7 Å². The molecule has 0 bridgehead atoms. The Morgan fingerprint density at radius 1 is 1.22 bits per heavy atom. The highest BCUT2D eigenvalue weighted by atomic mass is 35.5. The predicted molar refractivity (Wildman–Crippen MR) is 84.6 cm³/mol. The van der Waals surface area contributed by atoms with Gasteiger partial charge < -0.3 is 4.74 Å². The third-order valence-corrected chi connectivity index (χ3v) is 3.39. The maximum atomic E-state index is 10.8. The minimum absolute atomic E-state index is 0.0255. The number of halogens is 1. The van der Waals surface area contributed by atoms with Gasteiger partial charge in [-0.15, -0.1) is 5.10 Å². The van der Waals surface area contributed by atoms with E-state index in [1.54, 1.807) is 30.1 Å². The first-order valence-electron chi connectivity index (χ1n) is 6.61. The SMILES string of the molecule is Cn1cc(-c2cccc(Oc3ccc([N+](=O)[O-])c(Cl)c3)c2)nn1. The molecule has 0 saturated carbocycles. The van der Waals surface area contributed by atoms with Crippen molar-refractivity contribution in [1.29, 1.82) is 0 Å². The first-order valence-corrected chi connectivity index (χ1v) is 6.99. The molecule has 0 aliphatic heterocycles. The molecule has 8 heteroatoms. The Bertz CT molecular complexity index is 879. The zero-order valence-electron chi connectivity index (χ0n) is 12.0. The lowest BCUT2D eigenvalue weighted by Crippen LogP contribution is -1.90. The zero-order valence-corrected chi connectivity index (χ0v) is 12.8. The molecule has 7 nitrogen and oxygen atoms in total. The molecule has 0 atom stereocenters. The van der Waals surface area contributed by atoms with Crippen molar-refractivity contribution in [1.82, 2.24) is 15.0 Å². The first-order chi connectivity index (χ1) is 11.0. The Labute approximate surface area is 136 Å². The summed E-state index contributed by atoms with van der Waals surface area (Å²) in [5, 5.41) is 18.7. The lowest BCUT2D eigenvalue weighted by atomic mass is 10.1. The Balaban J connectivity index is 1.86. The van der Waals surface area contributed by atoms with E-state index in [4.69, 9.17) is 16.3 Å². The van der Waals surface area contributed by atoms with Crippen LogP contribution in [0.25, 0.3) is 11.3 Å². The zero-order chi connectivity index (χ0) is 16.4. The molecule has 0 aliphatic rings. The summed E-state index contributed by atoms with van der Waals surface area (Å²) in [5.41, 5.74) is 1.41. The first kappa shape index (κ1) is 15.0. The van der Waals surface area contributed by atoms with Crippen LogP contribution in [0, 0.1) is 10.1 Å². The predicted octanol–water partition coefficient (Wildman–Crippen LogP) is 3.84. The largest absolute Gasteiger partial charge is 0.457 e. The average Bonchev–Trinajstić information content (AvgIpc) is 2.94. The molecule has 23 heavy (non-hydrogen) atoms. The van der Waals surface area contributed by atoms with Gasteiger partial charge in [0.05, 0.1) is 11.1 Å². The van der Waals surface area contributed by atoms with Crippen LogP contribution in [0.1, 0.15) is 0 Å². The fourth-order valence-electron chi connectivity index (χ4n) is 2.03. The van der Waals surface area contributed by atoms with Crippen LogP contribution < -0.4 is 4.74 Å². The molecule has 1 aromatic heterocycles. The van der Waals surface area contributed by atoms with Gasteiger partial charge in [-0.3, -0.25) is 14.8 Å². The van der Waals surface area contributed by atoms with Gasteiger partial charge in [-0.25, -0.2) is 0 Å². The van der Waals surface area contributed by atoms with Crippen LogP contribution in [0.5, 0.6) is 11.5 Å². The molecule has 0 radical (unpaired) electrons. The van der Waals surface area contributed by atoms with Crippen LogP contribution in [-0.4, -0.2) is 19.9 Å². The summed E-state index contributed by atoms with van der Waals surface area (Å²) in [6, 6.07) is 11.5. The molecule has 0 spiro atoms. The summed E-state index contributed by atoms with van der Waals surface area (Å²) in [4.78, 5) is 10.2. The minimum atomic E-state index is -0.541. The summed E-state index contributed by atoms with van der Waals surface area (Å²) >= 11 is 5.88. The summed E-state index contributed by atoms with van der Waals surface area (Å²) < 4.78 is 7.31. The van der Waals surface area contributed by atoms with E-state index >= 15 is 0 Å². The number of ether oxygens (including phenoxy) is 1. The van der Waals surface area contributed by atoms with E-state index in [9.17, 15) is 10.1 Å². The Morgan fingerprint density at radius 3 is 2.65 bits per heavy atom. The third-order valence-electron chi connectivity index (χ3n) is 3.08. The van der Waals surface area contributed by atoms with E-state index in [0.29, 0.717) is 11.5 Å². The van der Waals surface area contributed by atoms with Gasteiger partial charge in [0.25, 0.3) is 5.69 Å². The normalized spacial score (nSPS) is 10.5. The van der Waals surface area contributed by atoms with Crippen LogP contribution in [0.15, 0.2) is 48.7 Å². The average molecular weight is 331 g/mol. The Kier molecular flexibility index (Phi) is 3.94. The number of nitro groups is 1. The molecule has 3 rings (SSSR count). The molecule has 1 heterocycles. The van der Waals surface area contributed by atoms with Gasteiger partial charge in [0.2, 0.25) is 0 Å². The van der Waals surface area contributed by atoms with Crippen molar-refractivity contribution in [2.75, 3.05) is 0 Å². The third kappa shape index (κ3) is 3.29. The molecule has 0 fully saturated rings. The number of nitro benzene ring substituents is 1. The van der Waals surface area contributed by atoms with Crippen LogP contribution in [0.3, 0.4) is 0 Å². The van der Waals surface area contributed by atoms with Crippen LogP contribution in [-0.2, 0) is 7.05 Å². The Hall–Kier alpha value is -2.93. The number of hydrogen-bond donors (Lipinski definition) is 0. The van der Waals surface area contributed by atoms with Gasteiger partial charge in [-0.1, -0.05) is 28.9 Å². The molecule has 0 amide bonds. The van der Waals surface area contributed by atoms with E-state index in [2.05, 4.69) is 10.3 Å². The van der Waals surface area contributed by atoms with Crippen molar-refractivity contribution in [2.24, 2.45) is 7.05 Å². The smallest absolute Gasteiger partial charge is 0.288 e. The fourth-order valence-corrected chi connectivity index (χ4v) is 2.27. The van der Waals surface area contributed by atoms with Gasteiger partial charge in [-0.05, 0) is 18.2 Å². The van der Waals surface area contributed by atoms with Crippen molar-refractivity contribution in [3.63, 3.8) is 0 Å². The second-order valence-electron chi connectivity index (χ2n) is 4.78. The molecule has 0 unspecified atom stereocenters. The maximum Gasteiger partial charge on any atom is 0.288 e. The number of benzene rings is 2. The maximum absolute atomic E-state index is 10.8. The second kappa shape index (κ2) is 6.05. The molecule has 0 saturated heterocycles. The highest BCUT2D eigenvalue weighted by molar-refractivity contribution is 6.32. The van der Waals surface area contributed by atoms with E-state index in [0.717, 1.165) is 11.3 Å². The standard InChI is InChI=1S/C15H11ClN4O3/c1-19-9-14(17-18-19)10-3-2-4-11(7-10)23-12-5-6-15(20(21)22)13(16)8-12/h2-9H,1H3. The highest BCUT2D eigenvalue weighted by Gasteiger charge is 2.13. The number of hydrogen-bond acceptors (Lipinski definition) is 5. The molecular weight excluding hydrogens is 320 g/mol. The quantitative estimate of drug-likeness (QED) is 0.536. The molecular formula is C15H11ClN4O3. The minimum Gasteiger partial charge on any atom is -0.457 e. The molecule has 0 N–H and O–H groups in total. The lowest BCUT2D eigenvalue weighted by Gasteiger charge is -2.07. The van der Waals surface area contributed by atoms with Crippen LogP contribution in [0.2, 0.25) is 5.02 Å². The van der Waals surface area contributed by atoms with E-state index in [1.165, 1.54) is 18.2 Å². The van der Waals surface area contributed by atoms with E-state index < -0.39 is 4.92 Å². The van der Waals surface area contributed by atoms with Gasteiger partial charge in [0, 0.05) is 24.7 Å². The monoisotopic (exact) mass is 330 g/mol. The summed E-state index contributed by atoms with van der Waals surface area (Å²) in [6.45, 7) is 0. The number of aryl methyl sites for hydroxylation is 1. The summed E-state index contributed by atoms with van der Waals surface area (Å²) in [6.07, 6.45) is 1.79. The fraction of sp³-hybridized carbons (Fsp3) is 0.0667. The lowest BCUT2D eigenvalue weighted by molar-refractivity contribution is -0.384. The number of rotatable bonds is 4. The molecule has 0 aliphatic carbocycles. The van der Waals surface area contributed by atoms with Gasteiger partial charge in [0.1, 0.15) is 22.2 Å². The Morgan fingerprint density at radius 2 is 2.00 bits per heavy atom. The molecule has 116 valence electrons. The van der Waals surface area contributed by atoms with Gasteiger partial charge >= 0.3 is 0 Å². The van der Waals surface area contributed by atoms with Crippen molar-refractivity contribution in [3.05, 3.63) is 63.8 Å². The van der Waals surface area contributed by atoms with E-state index in [1.807, 2.05) is 12.1 Å². The van der Waals surface area contributed by atoms with Crippen molar-refractivity contribution in [2.45, 2.75) is 0 Å². The molecule has 2 aromatic carbocycles. The van der Waals surface area contributed by atoms with Crippen LogP contribution in [0.4, 0.5) is 5.69 Å². The van der Waals surface area contributed by atoms with Crippen molar-refractivity contribution >= 4 is 17.3 Å². The van der Waals surface area contributed by atoms with Crippen molar-refractivity contribution in [3.8, 4) is 22.8 Å². The number of aromatic nitrogens is 3.